The zero-order valence-corrected chi connectivity index (χ0v) is 10.6. The normalized spacial score (nSPS) is 10.4. The molecule has 0 radical (unpaired) electrons. The van der Waals surface area contributed by atoms with Crippen molar-refractivity contribution < 1.29 is 0 Å². The molecule has 2 rings (SSSR count). The van der Waals surface area contributed by atoms with E-state index in [0.29, 0.717) is 6.54 Å². The Labute approximate surface area is 107 Å². The van der Waals surface area contributed by atoms with Crippen molar-refractivity contribution in [3.63, 3.8) is 0 Å². The molecule has 88 valence electrons. The lowest BCUT2D eigenvalue weighted by Gasteiger charge is -2.03. The van der Waals surface area contributed by atoms with Crippen molar-refractivity contribution in [2.75, 3.05) is 5.75 Å². The summed E-state index contributed by atoms with van der Waals surface area (Å²) in [6.07, 6.45) is 1.12. The van der Waals surface area contributed by atoms with Gasteiger partial charge < -0.3 is 5.73 Å². The number of aryl methyl sites for hydroxylation is 1. The Hall–Kier alpha value is -1.25. The molecule has 0 unspecified atom stereocenters. The minimum atomic E-state index is 0.620. The molecule has 1 nitrogen and oxygen atoms in total. The summed E-state index contributed by atoms with van der Waals surface area (Å²) in [5, 5.41) is 0. The van der Waals surface area contributed by atoms with Crippen LogP contribution in [-0.4, -0.2) is 5.75 Å². The Morgan fingerprint density at radius 2 is 1.53 bits per heavy atom. The predicted octanol–water partition coefficient (Wildman–Crippen LogP) is 3.48. The summed E-state index contributed by atoms with van der Waals surface area (Å²) in [6, 6.07) is 19.1. The van der Waals surface area contributed by atoms with Gasteiger partial charge in [-0.25, -0.2) is 0 Å². The molecule has 0 spiro atoms. The van der Waals surface area contributed by atoms with Crippen LogP contribution in [0.1, 0.15) is 11.1 Å². The van der Waals surface area contributed by atoms with Crippen LogP contribution in [-0.2, 0) is 13.0 Å². The SMILES string of the molecule is NCc1ccc(SCCc2ccccc2)cc1. The molecule has 0 amide bonds. The number of hydrogen-bond acceptors (Lipinski definition) is 2. The Morgan fingerprint density at radius 1 is 0.824 bits per heavy atom. The Balaban J connectivity index is 1.82. The van der Waals surface area contributed by atoms with E-state index in [1.54, 1.807) is 0 Å². The number of rotatable bonds is 5. The number of benzene rings is 2. The first-order chi connectivity index (χ1) is 8.38. The van der Waals surface area contributed by atoms with Crippen LogP contribution in [0.15, 0.2) is 59.5 Å². The van der Waals surface area contributed by atoms with Gasteiger partial charge >= 0.3 is 0 Å². The molecule has 0 atom stereocenters. The lowest BCUT2D eigenvalue weighted by Crippen LogP contribution is -1.95. The number of nitrogens with two attached hydrogens (primary N) is 1. The highest BCUT2D eigenvalue weighted by molar-refractivity contribution is 7.99. The van der Waals surface area contributed by atoms with Crippen molar-refractivity contribution in [1.82, 2.24) is 0 Å². The summed E-state index contributed by atoms with van der Waals surface area (Å²) < 4.78 is 0. The smallest absolute Gasteiger partial charge is 0.0178 e. The standard InChI is InChI=1S/C15H17NS/c16-12-14-6-8-15(9-7-14)17-11-10-13-4-2-1-3-5-13/h1-9H,10-12,16H2. The van der Waals surface area contributed by atoms with Crippen LogP contribution in [0.2, 0.25) is 0 Å². The van der Waals surface area contributed by atoms with Gasteiger partial charge in [0, 0.05) is 17.2 Å². The second kappa shape index (κ2) is 6.48. The molecule has 17 heavy (non-hydrogen) atoms. The fraction of sp³-hybridized carbons (Fsp3) is 0.200. The lowest BCUT2D eigenvalue weighted by molar-refractivity contribution is 1.06. The van der Waals surface area contributed by atoms with Crippen molar-refractivity contribution in [2.45, 2.75) is 17.9 Å². The van der Waals surface area contributed by atoms with Gasteiger partial charge in [-0.05, 0) is 29.7 Å². The van der Waals surface area contributed by atoms with E-state index < -0.39 is 0 Å². The fourth-order valence-corrected chi connectivity index (χ4v) is 2.56. The molecular formula is C15H17NS. The third-order valence-electron chi connectivity index (χ3n) is 2.66. The van der Waals surface area contributed by atoms with Crippen LogP contribution >= 0.6 is 11.8 Å². The van der Waals surface area contributed by atoms with Crippen molar-refractivity contribution in [2.24, 2.45) is 5.73 Å². The van der Waals surface area contributed by atoms with Crippen molar-refractivity contribution in [1.29, 1.82) is 0 Å². The average Bonchev–Trinajstić information content (AvgIpc) is 2.41. The summed E-state index contributed by atoms with van der Waals surface area (Å²) >= 11 is 1.89. The highest BCUT2D eigenvalue weighted by Gasteiger charge is 1.96. The van der Waals surface area contributed by atoms with Crippen molar-refractivity contribution in [3.05, 3.63) is 65.7 Å². The topological polar surface area (TPSA) is 26.0 Å². The van der Waals surface area contributed by atoms with Gasteiger partial charge in [0.1, 0.15) is 0 Å². The van der Waals surface area contributed by atoms with Crippen LogP contribution in [0.3, 0.4) is 0 Å². The van der Waals surface area contributed by atoms with Crippen LogP contribution < -0.4 is 5.73 Å². The van der Waals surface area contributed by atoms with E-state index in [9.17, 15) is 0 Å². The van der Waals surface area contributed by atoms with Crippen LogP contribution in [0, 0.1) is 0 Å². The fourth-order valence-electron chi connectivity index (χ4n) is 1.65. The third kappa shape index (κ3) is 3.91. The minimum Gasteiger partial charge on any atom is -0.326 e. The van der Waals surface area contributed by atoms with Crippen LogP contribution in [0.25, 0.3) is 0 Å². The highest BCUT2D eigenvalue weighted by Crippen LogP contribution is 2.19. The zero-order chi connectivity index (χ0) is 11.9. The predicted molar refractivity (Wildman–Crippen MR) is 75.2 cm³/mol. The second-order valence-corrected chi connectivity index (χ2v) is 5.10. The first kappa shape index (κ1) is 12.2. The van der Waals surface area contributed by atoms with Gasteiger partial charge in [0.15, 0.2) is 0 Å². The third-order valence-corrected chi connectivity index (χ3v) is 3.68. The number of thioether (sulfide) groups is 1. The molecule has 0 saturated heterocycles. The van der Waals surface area contributed by atoms with Crippen molar-refractivity contribution in [3.8, 4) is 0 Å². The van der Waals surface area contributed by atoms with E-state index in [-0.39, 0.29) is 0 Å². The summed E-state index contributed by atoms with van der Waals surface area (Å²) in [7, 11) is 0. The maximum Gasteiger partial charge on any atom is 0.0178 e. The van der Waals surface area contributed by atoms with E-state index in [2.05, 4.69) is 54.6 Å². The molecule has 2 heteroatoms. The van der Waals surface area contributed by atoms with Gasteiger partial charge in [-0.1, -0.05) is 42.5 Å². The summed E-state index contributed by atoms with van der Waals surface area (Å²) in [4.78, 5) is 1.32. The van der Waals surface area contributed by atoms with E-state index in [1.807, 2.05) is 11.8 Å². The van der Waals surface area contributed by atoms with Crippen molar-refractivity contribution >= 4 is 11.8 Å². The van der Waals surface area contributed by atoms with E-state index in [0.717, 1.165) is 12.2 Å². The molecule has 0 aliphatic heterocycles. The molecule has 2 aromatic carbocycles. The molecule has 0 bridgehead atoms. The molecular weight excluding hydrogens is 226 g/mol. The van der Waals surface area contributed by atoms with Gasteiger partial charge in [-0.15, -0.1) is 11.8 Å². The van der Waals surface area contributed by atoms with Gasteiger partial charge in [0.2, 0.25) is 0 Å². The molecule has 0 saturated carbocycles. The second-order valence-electron chi connectivity index (χ2n) is 3.93. The lowest BCUT2D eigenvalue weighted by atomic mass is 10.2. The molecule has 0 fully saturated rings. The summed E-state index contributed by atoms with van der Waals surface area (Å²) in [5.41, 5.74) is 8.16. The van der Waals surface area contributed by atoms with E-state index in [4.69, 9.17) is 5.73 Å². The maximum atomic E-state index is 5.57. The first-order valence-electron chi connectivity index (χ1n) is 5.84. The number of hydrogen-bond donors (Lipinski definition) is 1. The Kier molecular flexibility index (Phi) is 4.65. The van der Waals surface area contributed by atoms with Crippen LogP contribution in [0.4, 0.5) is 0 Å². The largest absolute Gasteiger partial charge is 0.326 e. The molecule has 0 aromatic heterocycles. The molecule has 0 aliphatic rings. The van der Waals surface area contributed by atoms with Gasteiger partial charge in [-0.2, -0.15) is 0 Å². The molecule has 2 aromatic rings. The van der Waals surface area contributed by atoms with E-state index in [1.165, 1.54) is 16.0 Å². The summed E-state index contributed by atoms with van der Waals surface area (Å²) in [6.45, 7) is 0.620. The summed E-state index contributed by atoms with van der Waals surface area (Å²) in [5.74, 6) is 1.12. The molecule has 0 heterocycles. The van der Waals surface area contributed by atoms with Gasteiger partial charge in [0.05, 0.1) is 0 Å². The Bertz CT molecular complexity index is 436. The van der Waals surface area contributed by atoms with Crippen LogP contribution in [0.5, 0.6) is 0 Å². The maximum absolute atomic E-state index is 5.57. The zero-order valence-electron chi connectivity index (χ0n) is 9.80. The average molecular weight is 243 g/mol. The monoisotopic (exact) mass is 243 g/mol. The van der Waals surface area contributed by atoms with Gasteiger partial charge in [0.25, 0.3) is 0 Å². The highest BCUT2D eigenvalue weighted by atomic mass is 32.2. The molecule has 2 N–H and O–H groups in total. The van der Waals surface area contributed by atoms with E-state index >= 15 is 0 Å². The quantitative estimate of drug-likeness (QED) is 0.814. The Morgan fingerprint density at radius 3 is 2.18 bits per heavy atom. The van der Waals surface area contributed by atoms with Gasteiger partial charge in [-0.3, -0.25) is 0 Å². The molecule has 0 aliphatic carbocycles. The minimum absolute atomic E-state index is 0.620. The first-order valence-corrected chi connectivity index (χ1v) is 6.83.